The number of carbonyl (C=O) groups excluding carboxylic acids is 2. The summed E-state index contributed by atoms with van der Waals surface area (Å²) in [7, 11) is 1.52. The van der Waals surface area contributed by atoms with Crippen molar-refractivity contribution in [3.8, 4) is 0 Å². The zero-order chi connectivity index (χ0) is 15.2. The van der Waals surface area contributed by atoms with Crippen LogP contribution in [0.25, 0.3) is 0 Å². The molecule has 0 radical (unpaired) electrons. The first-order valence-electron chi connectivity index (χ1n) is 6.43. The van der Waals surface area contributed by atoms with Gasteiger partial charge in [0.15, 0.2) is 0 Å². The van der Waals surface area contributed by atoms with Crippen LogP contribution in [0.4, 0.5) is 4.79 Å². The second-order valence-corrected chi connectivity index (χ2v) is 5.34. The molecule has 1 heterocycles. The topological polar surface area (TPSA) is 80.3 Å². The Morgan fingerprint density at radius 3 is 2.55 bits per heavy atom. The second-order valence-electron chi connectivity index (χ2n) is 5.34. The number of ether oxygens (including phenoxy) is 1. The molecule has 0 aliphatic rings. The molecule has 0 unspecified atom stereocenters. The SMILES string of the molecule is CNC(=O)[C@H](Cc1ccccn1)NC(=O)OC(C)(C)C. The first kappa shape index (κ1) is 15.9. The lowest BCUT2D eigenvalue weighted by Crippen LogP contribution is -2.48. The summed E-state index contributed by atoms with van der Waals surface area (Å²) < 4.78 is 5.15. The minimum Gasteiger partial charge on any atom is -0.444 e. The Kier molecular flexibility index (Phi) is 5.49. The smallest absolute Gasteiger partial charge is 0.408 e. The number of pyridine rings is 1. The summed E-state index contributed by atoms with van der Waals surface area (Å²) >= 11 is 0. The largest absolute Gasteiger partial charge is 0.444 e. The highest BCUT2D eigenvalue weighted by Gasteiger charge is 2.24. The highest BCUT2D eigenvalue weighted by Crippen LogP contribution is 2.07. The van der Waals surface area contributed by atoms with Gasteiger partial charge in [0, 0.05) is 25.4 Å². The van der Waals surface area contributed by atoms with Crippen LogP contribution in [0.5, 0.6) is 0 Å². The van der Waals surface area contributed by atoms with E-state index >= 15 is 0 Å². The molecule has 6 heteroatoms. The van der Waals surface area contributed by atoms with Crippen LogP contribution >= 0.6 is 0 Å². The number of likely N-dealkylation sites (N-methyl/N-ethyl adjacent to an activating group) is 1. The molecular formula is C14H21N3O3. The molecule has 110 valence electrons. The Bertz CT molecular complexity index is 454. The van der Waals surface area contributed by atoms with Crippen LogP contribution in [0, 0.1) is 0 Å². The molecule has 0 bridgehead atoms. The normalized spacial score (nSPS) is 12.4. The fraction of sp³-hybridized carbons (Fsp3) is 0.500. The van der Waals surface area contributed by atoms with Gasteiger partial charge in [0.05, 0.1) is 0 Å². The molecule has 0 fully saturated rings. The van der Waals surface area contributed by atoms with Gasteiger partial charge in [0.2, 0.25) is 5.91 Å². The minimum absolute atomic E-state index is 0.290. The lowest BCUT2D eigenvalue weighted by molar-refractivity contribution is -0.122. The van der Waals surface area contributed by atoms with E-state index in [9.17, 15) is 9.59 Å². The summed E-state index contributed by atoms with van der Waals surface area (Å²) in [5.41, 5.74) is 0.111. The molecule has 20 heavy (non-hydrogen) atoms. The van der Waals surface area contributed by atoms with Gasteiger partial charge in [-0.2, -0.15) is 0 Å². The van der Waals surface area contributed by atoms with Crippen molar-refractivity contribution in [2.75, 3.05) is 7.05 Å². The lowest BCUT2D eigenvalue weighted by atomic mass is 10.1. The van der Waals surface area contributed by atoms with Crippen molar-refractivity contribution in [3.63, 3.8) is 0 Å². The second kappa shape index (κ2) is 6.88. The number of nitrogens with zero attached hydrogens (tertiary/aromatic N) is 1. The molecule has 0 spiro atoms. The van der Waals surface area contributed by atoms with Crippen molar-refractivity contribution >= 4 is 12.0 Å². The first-order valence-corrected chi connectivity index (χ1v) is 6.43. The number of carbonyl (C=O) groups is 2. The van der Waals surface area contributed by atoms with Crippen LogP contribution in [-0.4, -0.2) is 35.7 Å². The third kappa shape index (κ3) is 5.69. The Morgan fingerprint density at radius 1 is 1.35 bits per heavy atom. The molecule has 0 aliphatic heterocycles. The highest BCUT2D eigenvalue weighted by atomic mass is 16.6. The summed E-state index contributed by atoms with van der Waals surface area (Å²) in [5, 5.41) is 5.08. The van der Waals surface area contributed by atoms with E-state index in [1.54, 1.807) is 39.1 Å². The van der Waals surface area contributed by atoms with Gasteiger partial charge in [-0.25, -0.2) is 4.79 Å². The minimum atomic E-state index is -0.718. The van der Waals surface area contributed by atoms with Crippen LogP contribution in [0.2, 0.25) is 0 Å². The van der Waals surface area contributed by atoms with Gasteiger partial charge in [-0.3, -0.25) is 9.78 Å². The van der Waals surface area contributed by atoms with Crippen LogP contribution in [0.15, 0.2) is 24.4 Å². The quantitative estimate of drug-likeness (QED) is 0.869. The summed E-state index contributed by atoms with van der Waals surface area (Å²) in [6, 6.07) is 4.70. The average Bonchev–Trinajstić information content (AvgIpc) is 2.36. The molecule has 2 amide bonds. The molecule has 2 N–H and O–H groups in total. The van der Waals surface area contributed by atoms with Gasteiger partial charge in [-0.1, -0.05) is 6.07 Å². The molecule has 6 nitrogen and oxygen atoms in total. The number of amides is 2. The number of alkyl carbamates (subject to hydrolysis) is 1. The fourth-order valence-corrected chi connectivity index (χ4v) is 1.56. The summed E-state index contributed by atoms with van der Waals surface area (Å²) in [6.45, 7) is 5.29. The third-order valence-corrected chi connectivity index (χ3v) is 2.39. The van der Waals surface area contributed by atoms with Gasteiger partial charge in [-0.05, 0) is 32.9 Å². The maximum atomic E-state index is 11.8. The van der Waals surface area contributed by atoms with Crippen molar-refractivity contribution in [1.29, 1.82) is 0 Å². The average molecular weight is 279 g/mol. The molecule has 0 aliphatic carbocycles. The van der Waals surface area contributed by atoms with Crippen molar-refractivity contribution < 1.29 is 14.3 Å². The highest BCUT2D eigenvalue weighted by molar-refractivity contribution is 5.85. The number of nitrogens with one attached hydrogen (secondary N) is 2. The van der Waals surface area contributed by atoms with E-state index in [4.69, 9.17) is 4.74 Å². The Balaban J connectivity index is 2.70. The van der Waals surface area contributed by atoms with Gasteiger partial charge in [-0.15, -0.1) is 0 Å². The Hall–Kier alpha value is -2.11. The monoisotopic (exact) mass is 279 g/mol. The molecule has 1 atom stereocenters. The molecule has 0 saturated carbocycles. The van der Waals surface area contributed by atoms with E-state index in [0.29, 0.717) is 6.42 Å². The molecule has 0 saturated heterocycles. The molecular weight excluding hydrogens is 258 g/mol. The Morgan fingerprint density at radius 2 is 2.05 bits per heavy atom. The van der Waals surface area contributed by atoms with Crippen molar-refractivity contribution in [3.05, 3.63) is 30.1 Å². The third-order valence-electron chi connectivity index (χ3n) is 2.39. The van der Waals surface area contributed by atoms with Crippen molar-refractivity contribution in [1.82, 2.24) is 15.6 Å². The van der Waals surface area contributed by atoms with Gasteiger partial charge < -0.3 is 15.4 Å². The maximum Gasteiger partial charge on any atom is 0.408 e. The van der Waals surface area contributed by atoms with E-state index in [0.717, 1.165) is 5.69 Å². The number of hydrogen-bond acceptors (Lipinski definition) is 4. The fourth-order valence-electron chi connectivity index (χ4n) is 1.56. The summed E-state index contributed by atoms with van der Waals surface area (Å²) in [6.07, 6.45) is 1.32. The first-order chi connectivity index (χ1) is 9.31. The van der Waals surface area contributed by atoms with Crippen molar-refractivity contribution in [2.45, 2.75) is 38.8 Å². The van der Waals surface area contributed by atoms with Crippen LogP contribution < -0.4 is 10.6 Å². The predicted octanol–water partition coefficient (Wildman–Crippen LogP) is 1.26. The van der Waals surface area contributed by atoms with Crippen LogP contribution in [-0.2, 0) is 16.0 Å². The number of aromatic nitrogens is 1. The van der Waals surface area contributed by atoms with Gasteiger partial charge >= 0.3 is 6.09 Å². The standard InChI is InChI=1S/C14H21N3O3/c1-14(2,3)20-13(19)17-11(12(18)15-4)9-10-7-5-6-8-16-10/h5-8,11H,9H2,1-4H3,(H,15,18)(H,17,19)/t11-/m0/s1. The van der Waals surface area contributed by atoms with E-state index < -0.39 is 17.7 Å². The van der Waals surface area contributed by atoms with E-state index in [-0.39, 0.29) is 5.91 Å². The zero-order valence-corrected chi connectivity index (χ0v) is 12.3. The lowest BCUT2D eigenvalue weighted by Gasteiger charge is -2.22. The van der Waals surface area contributed by atoms with E-state index in [1.165, 1.54) is 7.05 Å². The molecule has 1 rings (SSSR count). The zero-order valence-electron chi connectivity index (χ0n) is 12.3. The number of hydrogen-bond donors (Lipinski definition) is 2. The van der Waals surface area contributed by atoms with E-state index in [1.807, 2.05) is 6.07 Å². The van der Waals surface area contributed by atoms with E-state index in [2.05, 4.69) is 15.6 Å². The summed E-state index contributed by atoms with van der Waals surface area (Å²) in [5.74, 6) is -0.290. The predicted molar refractivity (Wildman–Crippen MR) is 75.2 cm³/mol. The van der Waals surface area contributed by atoms with Gasteiger partial charge in [0.25, 0.3) is 0 Å². The summed E-state index contributed by atoms with van der Waals surface area (Å²) in [4.78, 5) is 27.7. The maximum absolute atomic E-state index is 11.8. The molecule has 1 aromatic rings. The molecule has 1 aromatic heterocycles. The molecule has 0 aromatic carbocycles. The Labute approximate surface area is 118 Å². The number of rotatable bonds is 4. The van der Waals surface area contributed by atoms with Crippen LogP contribution in [0.3, 0.4) is 0 Å². The van der Waals surface area contributed by atoms with Crippen LogP contribution in [0.1, 0.15) is 26.5 Å². The van der Waals surface area contributed by atoms with Gasteiger partial charge in [0.1, 0.15) is 11.6 Å². The van der Waals surface area contributed by atoms with Crippen molar-refractivity contribution in [2.24, 2.45) is 0 Å².